The number of rotatable bonds is 3. The number of nitrogens with zero attached hydrogens (tertiary/aromatic N) is 2. The first-order valence-corrected chi connectivity index (χ1v) is 4.71. The molecule has 0 aliphatic rings. The molecule has 88 valence electrons. The average molecular weight is 253 g/mol. The van der Waals surface area contributed by atoms with E-state index in [2.05, 4.69) is 9.97 Å². The minimum Gasteiger partial charge on any atom is -0.501 e. The predicted octanol–water partition coefficient (Wildman–Crippen LogP) is 3.16. The Morgan fingerprint density at radius 2 is 2.19 bits per heavy atom. The summed E-state index contributed by atoms with van der Waals surface area (Å²) < 4.78 is 42.3. The van der Waals surface area contributed by atoms with Gasteiger partial charge in [-0.2, -0.15) is 13.2 Å². The van der Waals surface area contributed by atoms with Crippen LogP contribution in [-0.4, -0.2) is 16.6 Å². The maximum Gasteiger partial charge on any atom is 0.419 e. The van der Waals surface area contributed by atoms with Gasteiger partial charge in [0.2, 0.25) is 5.28 Å². The van der Waals surface area contributed by atoms with Gasteiger partial charge in [-0.3, -0.25) is 0 Å². The summed E-state index contributed by atoms with van der Waals surface area (Å²) in [5, 5.41) is -0.246. The summed E-state index contributed by atoms with van der Waals surface area (Å²) in [5.74, 6) is 0. The molecule has 1 heterocycles. The van der Waals surface area contributed by atoms with E-state index in [1.807, 2.05) is 0 Å². The first-order chi connectivity index (χ1) is 7.45. The largest absolute Gasteiger partial charge is 0.501 e. The van der Waals surface area contributed by atoms with Crippen LogP contribution < -0.4 is 0 Å². The lowest BCUT2D eigenvalue weighted by atomic mass is 10.2. The Morgan fingerprint density at radius 3 is 2.75 bits per heavy atom. The maximum absolute atomic E-state index is 12.5. The van der Waals surface area contributed by atoms with Crippen molar-refractivity contribution in [3.8, 4) is 0 Å². The van der Waals surface area contributed by atoms with Crippen LogP contribution in [0.15, 0.2) is 12.5 Å². The highest BCUT2D eigenvalue weighted by Gasteiger charge is 2.34. The minimum absolute atomic E-state index is 0.246. The fraction of sp³-hybridized carbons (Fsp3) is 0.333. The fourth-order valence-electron chi connectivity index (χ4n) is 0.927. The van der Waals surface area contributed by atoms with Gasteiger partial charge in [0.25, 0.3) is 0 Å². The van der Waals surface area contributed by atoms with Crippen molar-refractivity contribution in [2.75, 3.05) is 6.61 Å². The lowest BCUT2D eigenvalue weighted by Crippen LogP contribution is -2.09. The third-order valence-electron chi connectivity index (χ3n) is 1.58. The van der Waals surface area contributed by atoms with Gasteiger partial charge >= 0.3 is 6.18 Å². The van der Waals surface area contributed by atoms with Gasteiger partial charge in [0.1, 0.15) is 0 Å². The smallest absolute Gasteiger partial charge is 0.419 e. The van der Waals surface area contributed by atoms with E-state index in [0.29, 0.717) is 12.8 Å². The highest BCUT2D eigenvalue weighted by molar-refractivity contribution is 6.28. The Labute approximate surface area is 94.9 Å². The van der Waals surface area contributed by atoms with E-state index < -0.39 is 11.7 Å². The fourth-order valence-corrected chi connectivity index (χ4v) is 1.07. The average Bonchev–Trinajstić information content (AvgIpc) is 2.16. The van der Waals surface area contributed by atoms with Crippen molar-refractivity contribution in [3.05, 3.63) is 29.0 Å². The topological polar surface area (TPSA) is 35.0 Å². The highest BCUT2D eigenvalue weighted by atomic mass is 35.5. The van der Waals surface area contributed by atoms with Crippen molar-refractivity contribution in [1.82, 2.24) is 9.97 Å². The summed E-state index contributed by atoms with van der Waals surface area (Å²) in [5.41, 5.74) is -1.27. The predicted molar refractivity (Wildman–Crippen MR) is 52.7 cm³/mol. The molecule has 0 saturated carbocycles. The Kier molecular flexibility index (Phi) is 4.12. The van der Waals surface area contributed by atoms with Crippen molar-refractivity contribution in [2.45, 2.75) is 13.1 Å². The second-order valence-corrected chi connectivity index (χ2v) is 3.03. The van der Waals surface area contributed by atoms with Crippen LogP contribution in [0.3, 0.4) is 0 Å². The van der Waals surface area contributed by atoms with E-state index in [1.165, 1.54) is 0 Å². The molecule has 0 fully saturated rings. The number of alkyl halides is 3. The number of ether oxygens (including phenoxy) is 1. The molecule has 1 rings (SSSR count). The van der Waals surface area contributed by atoms with E-state index >= 15 is 0 Å². The summed E-state index contributed by atoms with van der Waals surface area (Å²) in [6, 6.07) is 0. The molecule has 0 radical (unpaired) electrons. The second kappa shape index (κ2) is 5.16. The molecule has 0 spiro atoms. The quantitative estimate of drug-likeness (QED) is 0.612. The van der Waals surface area contributed by atoms with Crippen molar-refractivity contribution in [3.63, 3.8) is 0 Å². The molecule has 3 nitrogen and oxygen atoms in total. The van der Waals surface area contributed by atoms with Crippen LogP contribution in [0.1, 0.15) is 18.2 Å². The molecule has 0 amide bonds. The zero-order valence-electron chi connectivity index (χ0n) is 8.25. The second-order valence-electron chi connectivity index (χ2n) is 2.69. The van der Waals surface area contributed by atoms with Gasteiger partial charge in [0, 0.05) is 6.20 Å². The van der Waals surface area contributed by atoms with E-state index in [-0.39, 0.29) is 11.0 Å². The molecular weight excluding hydrogens is 245 g/mol. The Bertz CT molecular complexity index is 393. The van der Waals surface area contributed by atoms with E-state index in [0.717, 1.165) is 12.3 Å². The van der Waals surface area contributed by atoms with Crippen LogP contribution in [0.2, 0.25) is 5.28 Å². The van der Waals surface area contributed by atoms with E-state index in [1.54, 1.807) is 6.92 Å². The Balaban J connectivity index is 3.09. The lowest BCUT2D eigenvalue weighted by molar-refractivity contribution is -0.138. The molecule has 0 N–H and O–H groups in total. The molecule has 0 saturated heterocycles. The molecule has 1 aromatic rings. The molecular formula is C9H8ClF3N2O. The lowest BCUT2D eigenvalue weighted by Gasteiger charge is -2.08. The van der Waals surface area contributed by atoms with Crippen LogP contribution in [-0.2, 0) is 10.9 Å². The third kappa shape index (κ3) is 3.37. The standard InChI is InChI=1S/C9H8ClF3N2O/c1-2-16-4-3-7-6(9(11,12)13)5-14-8(10)15-7/h3-5H,2H2,1H3. The molecule has 0 atom stereocenters. The van der Waals surface area contributed by atoms with Crippen LogP contribution >= 0.6 is 11.6 Å². The summed E-state index contributed by atoms with van der Waals surface area (Å²) in [7, 11) is 0. The van der Waals surface area contributed by atoms with E-state index in [9.17, 15) is 13.2 Å². The molecule has 0 unspecified atom stereocenters. The van der Waals surface area contributed by atoms with Crippen LogP contribution in [0.5, 0.6) is 0 Å². The van der Waals surface area contributed by atoms with Gasteiger partial charge in [-0.15, -0.1) is 0 Å². The summed E-state index contributed by atoms with van der Waals surface area (Å²) >= 11 is 5.42. The highest BCUT2D eigenvalue weighted by Crippen LogP contribution is 2.31. The van der Waals surface area contributed by atoms with Gasteiger partial charge in [0.15, 0.2) is 0 Å². The molecule has 0 bridgehead atoms. The molecule has 0 aromatic carbocycles. The molecule has 16 heavy (non-hydrogen) atoms. The first-order valence-electron chi connectivity index (χ1n) is 4.33. The third-order valence-corrected chi connectivity index (χ3v) is 1.77. The first kappa shape index (κ1) is 12.8. The molecule has 0 aliphatic carbocycles. The summed E-state index contributed by atoms with van der Waals surface area (Å²) in [6.45, 7) is 2.07. The number of aromatic nitrogens is 2. The van der Waals surface area contributed by atoms with Gasteiger partial charge in [-0.1, -0.05) is 0 Å². The number of hydrogen-bond acceptors (Lipinski definition) is 3. The van der Waals surface area contributed by atoms with Crippen LogP contribution in [0.25, 0.3) is 6.08 Å². The molecule has 7 heteroatoms. The summed E-state index contributed by atoms with van der Waals surface area (Å²) in [6.07, 6.45) is -1.65. The van der Waals surface area contributed by atoms with Crippen molar-refractivity contribution in [1.29, 1.82) is 0 Å². The maximum atomic E-state index is 12.5. The van der Waals surface area contributed by atoms with Crippen LogP contribution in [0.4, 0.5) is 13.2 Å². The number of halogens is 4. The minimum atomic E-state index is -4.52. The van der Waals surface area contributed by atoms with Gasteiger partial charge in [0.05, 0.1) is 24.1 Å². The normalized spacial score (nSPS) is 12.1. The molecule has 1 aromatic heterocycles. The summed E-state index contributed by atoms with van der Waals surface area (Å²) in [4.78, 5) is 6.77. The van der Waals surface area contributed by atoms with Gasteiger partial charge < -0.3 is 4.74 Å². The zero-order valence-corrected chi connectivity index (χ0v) is 9.01. The van der Waals surface area contributed by atoms with Gasteiger partial charge in [-0.25, -0.2) is 9.97 Å². The molecule has 0 aliphatic heterocycles. The number of hydrogen-bond donors (Lipinski definition) is 0. The van der Waals surface area contributed by atoms with E-state index in [4.69, 9.17) is 16.3 Å². The zero-order chi connectivity index (χ0) is 12.2. The van der Waals surface area contributed by atoms with Crippen molar-refractivity contribution < 1.29 is 17.9 Å². The SMILES string of the molecule is CCOC=Cc1nc(Cl)ncc1C(F)(F)F. The Hall–Kier alpha value is -1.30. The van der Waals surface area contributed by atoms with Crippen LogP contribution in [0, 0.1) is 0 Å². The monoisotopic (exact) mass is 252 g/mol. The van der Waals surface area contributed by atoms with Gasteiger partial charge in [-0.05, 0) is 24.6 Å². The van der Waals surface area contributed by atoms with Crippen molar-refractivity contribution >= 4 is 17.7 Å². The Morgan fingerprint density at radius 1 is 1.50 bits per heavy atom. The van der Waals surface area contributed by atoms with Crippen molar-refractivity contribution in [2.24, 2.45) is 0 Å².